The number of hydrogen-bond donors (Lipinski definition) is 1. The average molecular weight is 264 g/mol. The van der Waals surface area contributed by atoms with Gasteiger partial charge in [-0.15, -0.1) is 0 Å². The van der Waals surface area contributed by atoms with Crippen LogP contribution in [0.15, 0.2) is 48.5 Å². The lowest BCUT2D eigenvalue weighted by molar-refractivity contribution is 0.587. The molecule has 0 aliphatic heterocycles. The van der Waals surface area contributed by atoms with Crippen molar-refractivity contribution in [1.82, 2.24) is 0 Å². The monoisotopic (exact) mass is 263 g/mol. The maximum Gasteiger partial charge on any atom is 0.128 e. The number of benzene rings is 2. The number of para-hydroxylation sites is 1. The molecule has 2 aromatic carbocycles. The van der Waals surface area contributed by atoms with Crippen molar-refractivity contribution < 1.29 is 4.39 Å². The van der Waals surface area contributed by atoms with Crippen molar-refractivity contribution in [3.63, 3.8) is 0 Å². The van der Waals surface area contributed by atoms with Crippen molar-refractivity contribution in [3.05, 3.63) is 64.9 Å². The fraction of sp³-hybridized carbons (Fsp3) is 0.200. The number of halogens is 2. The molecule has 0 amide bonds. The number of rotatable bonds is 4. The zero-order valence-electron chi connectivity index (χ0n) is 10.2. The first-order valence-electron chi connectivity index (χ1n) is 5.98. The first-order chi connectivity index (χ1) is 8.72. The third kappa shape index (κ3) is 2.82. The van der Waals surface area contributed by atoms with Crippen LogP contribution in [0.3, 0.4) is 0 Å². The Kier molecular flexibility index (Phi) is 4.21. The number of nitrogens with one attached hydrogen (secondary N) is 1. The van der Waals surface area contributed by atoms with Gasteiger partial charge in [-0.2, -0.15) is 0 Å². The number of anilines is 1. The molecule has 0 saturated carbocycles. The molecular weight excluding hydrogens is 249 g/mol. The SMILES string of the molecule is CCC(Nc1ccccc1Cl)c1ccccc1F. The highest BCUT2D eigenvalue weighted by atomic mass is 35.5. The molecule has 3 heteroatoms. The Morgan fingerprint density at radius 3 is 2.44 bits per heavy atom. The molecule has 0 spiro atoms. The van der Waals surface area contributed by atoms with Crippen molar-refractivity contribution in [2.45, 2.75) is 19.4 Å². The molecule has 2 rings (SSSR count). The zero-order chi connectivity index (χ0) is 13.0. The fourth-order valence-electron chi connectivity index (χ4n) is 1.92. The van der Waals surface area contributed by atoms with E-state index in [-0.39, 0.29) is 11.9 Å². The second-order valence-electron chi connectivity index (χ2n) is 4.11. The molecule has 0 radical (unpaired) electrons. The molecule has 0 fully saturated rings. The van der Waals surface area contributed by atoms with Crippen molar-refractivity contribution in [2.24, 2.45) is 0 Å². The van der Waals surface area contributed by atoms with E-state index in [1.54, 1.807) is 12.1 Å². The van der Waals surface area contributed by atoms with Crippen molar-refractivity contribution in [1.29, 1.82) is 0 Å². The maximum absolute atomic E-state index is 13.8. The van der Waals surface area contributed by atoms with Crippen LogP contribution < -0.4 is 5.32 Å². The molecule has 2 aromatic rings. The van der Waals surface area contributed by atoms with E-state index in [0.717, 1.165) is 12.1 Å². The molecule has 94 valence electrons. The lowest BCUT2D eigenvalue weighted by atomic mass is 10.0. The largest absolute Gasteiger partial charge is 0.377 e. The summed E-state index contributed by atoms with van der Waals surface area (Å²) in [4.78, 5) is 0. The van der Waals surface area contributed by atoms with E-state index in [2.05, 4.69) is 5.32 Å². The molecule has 1 unspecified atom stereocenters. The van der Waals surface area contributed by atoms with Crippen LogP contribution in [-0.2, 0) is 0 Å². The van der Waals surface area contributed by atoms with Crippen molar-refractivity contribution in [2.75, 3.05) is 5.32 Å². The third-order valence-corrected chi connectivity index (χ3v) is 3.22. The Morgan fingerprint density at radius 1 is 1.11 bits per heavy atom. The van der Waals surface area contributed by atoms with E-state index >= 15 is 0 Å². The molecule has 0 heterocycles. The lowest BCUT2D eigenvalue weighted by Gasteiger charge is -2.20. The Balaban J connectivity index is 2.26. The second-order valence-corrected chi connectivity index (χ2v) is 4.51. The molecule has 0 aromatic heterocycles. The zero-order valence-corrected chi connectivity index (χ0v) is 10.9. The van der Waals surface area contributed by atoms with Gasteiger partial charge in [0.1, 0.15) is 5.82 Å². The summed E-state index contributed by atoms with van der Waals surface area (Å²) in [5, 5.41) is 3.93. The van der Waals surface area contributed by atoms with E-state index in [1.807, 2.05) is 37.3 Å². The van der Waals surface area contributed by atoms with Crippen LogP contribution in [0.4, 0.5) is 10.1 Å². The van der Waals surface area contributed by atoms with Gasteiger partial charge in [0.15, 0.2) is 0 Å². The molecule has 1 nitrogen and oxygen atoms in total. The van der Waals surface area contributed by atoms with Crippen molar-refractivity contribution in [3.8, 4) is 0 Å². The summed E-state index contributed by atoms with van der Waals surface area (Å²) in [6, 6.07) is 14.2. The van der Waals surface area contributed by atoms with E-state index < -0.39 is 0 Å². The first-order valence-corrected chi connectivity index (χ1v) is 6.35. The molecule has 1 N–H and O–H groups in total. The van der Waals surface area contributed by atoms with Gasteiger partial charge in [0, 0.05) is 5.56 Å². The minimum absolute atomic E-state index is 0.0777. The van der Waals surface area contributed by atoms with E-state index in [0.29, 0.717) is 10.6 Å². The van der Waals surface area contributed by atoms with Gasteiger partial charge < -0.3 is 5.32 Å². The van der Waals surface area contributed by atoms with Gasteiger partial charge in [-0.05, 0) is 24.6 Å². The van der Waals surface area contributed by atoms with Crippen LogP contribution in [0.5, 0.6) is 0 Å². The summed E-state index contributed by atoms with van der Waals surface area (Å²) in [7, 11) is 0. The topological polar surface area (TPSA) is 12.0 Å². The minimum Gasteiger partial charge on any atom is -0.377 e. The van der Waals surface area contributed by atoms with Gasteiger partial charge >= 0.3 is 0 Å². The lowest BCUT2D eigenvalue weighted by Crippen LogP contribution is -2.11. The first kappa shape index (κ1) is 12.9. The van der Waals surface area contributed by atoms with E-state index in [4.69, 9.17) is 11.6 Å². The maximum atomic E-state index is 13.8. The van der Waals surface area contributed by atoms with Gasteiger partial charge in [-0.3, -0.25) is 0 Å². The Labute approximate surface area is 112 Å². The predicted octanol–water partition coefficient (Wildman–Crippen LogP) is 5.04. The van der Waals surface area contributed by atoms with Gasteiger partial charge in [-0.1, -0.05) is 48.9 Å². The van der Waals surface area contributed by atoms with Gasteiger partial charge in [0.25, 0.3) is 0 Å². The van der Waals surface area contributed by atoms with Crippen LogP contribution in [0.1, 0.15) is 24.9 Å². The fourth-order valence-corrected chi connectivity index (χ4v) is 2.11. The van der Waals surface area contributed by atoms with E-state index in [1.165, 1.54) is 6.07 Å². The smallest absolute Gasteiger partial charge is 0.128 e. The molecule has 18 heavy (non-hydrogen) atoms. The minimum atomic E-state index is -0.191. The summed E-state index contributed by atoms with van der Waals surface area (Å²) >= 11 is 6.10. The molecular formula is C15H15ClFN. The van der Waals surface area contributed by atoms with Gasteiger partial charge in [-0.25, -0.2) is 4.39 Å². The Morgan fingerprint density at radius 2 is 1.78 bits per heavy atom. The Bertz CT molecular complexity index is 527. The molecule has 0 saturated heterocycles. The third-order valence-electron chi connectivity index (χ3n) is 2.89. The molecule has 0 aliphatic carbocycles. The summed E-state index contributed by atoms with van der Waals surface area (Å²) in [6.45, 7) is 2.01. The van der Waals surface area contributed by atoms with Crippen LogP contribution in [0, 0.1) is 5.82 Å². The van der Waals surface area contributed by atoms with Gasteiger partial charge in [0.05, 0.1) is 16.8 Å². The highest BCUT2D eigenvalue weighted by molar-refractivity contribution is 6.33. The normalized spacial score (nSPS) is 12.2. The molecule has 0 bridgehead atoms. The molecule has 1 atom stereocenters. The number of hydrogen-bond acceptors (Lipinski definition) is 1. The van der Waals surface area contributed by atoms with Crippen LogP contribution in [-0.4, -0.2) is 0 Å². The van der Waals surface area contributed by atoms with Crippen LogP contribution >= 0.6 is 11.6 Å². The van der Waals surface area contributed by atoms with Crippen LogP contribution in [0.2, 0.25) is 5.02 Å². The predicted molar refractivity (Wildman–Crippen MR) is 74.5 cm³/mol. The highest BCUT2D eigenvalue weighted by Crippen LogP contribution is 2.28. The summed E-state index contributed by atoms with van der Waals surface area (Å²) in [5.74, 6) is -0.191. The highest BCUT2D eigenvalue weighted by Gasteiger charge is 2.14. The van der Waals surface area contributed by atoms with Gasteiger partial charge in [0.2, 0.25) is 0 Å². The second kappa shape index (κ2) is 5.87. The average Bonchev–Trinajstić information content (AvgIpc) is 2.39. The summed E-state index contributed by atoms with van der Waals surface area (Å²) in [6.07, 6.45) is 0.784. The van der Waals surface area contributed by atoms with Crippen LogP contribution in [0.25, 0.3) is 0 Å². The summed E-state index contributed by atoms with van der Waals surface area (Å²) < 4.78 is 13.8. The van der Waals surface area contributed by atoms with Crippen molar-refractivity contribution >= 4 is 17.3 Å². The molecule has 0 aliphatic rings. The standard InChI is InChI=1S/C15H15ClFN/c1-2-14(11-7-3-5-9-13(11)17)18-15-10-6-4-8-12(15)16/h3-10,14,18H,2H2,1H3. The summed E-state index contributed by atoms with van der Waals surface area (Å²) in [5.41, 5.74) is 1.49. The quantitative estimate of drug-likeness (QED) is 0.815. The van der Waals surface area contributed by atoms with E-state index in [9.17, 15) is 4.39 Å². The Hall–Kier alpha value is -1.54.